The van der Waals surface area contributed by atoms with Gasteiger partial charge in [0.05, 0.1) is 6.61 Å². The number of amides is 1. The lowest BCUT2D eigenvalue weighted by Gasteiger charge is -2.15. The molecule has 0 saturated carbocycles. The van der Waals surface area contributed by atoms with Crippen LogP contribution in [-0.2, 0) is 11.2 Å². The third kappa shape index (κ3) is 6.12. The van der Waals surface area contributed by atoms with Crippen molar-refractivity contribution >= 4 is 11.7 Å². The highest BCUT2D eigenvalue weighted by Crippen LogP contribution is 2.12. The molecule has 0 saturated heterocycles. The first-order valence-electron chi connectivity index (χ1n) is 7.74. The smallest absolute Gasteiger partial charge is 0.251 e. The summed E-state index contributed by atoms with van der Waals surface area (Å²) in [4.78, 5) is 16.8. The average Bonchev–Trinajstić information content (AvgIpc) is 2.45. The minimum absolute atomic E-state index is 0.0113. The fourth-order valence-corrected chi connectivity index (χ4v) is 2.02. The molecule has 21 heavy (non-hydrogen) atoms. The number of hydrogen-bond donors (Lipinski definition) is 2. The van der Waals surface area contributed by atoms with Crippen molar-refractivity contribution in [2.24, 2.45) is 0 Å². The average molecular weight is 293 g/mol. The van der Waals surface area contributed by atoms with Crippen LogP contribution in [0.1, 0.15) is 50.2 Å². The van der Waals surface area contributed by atoms with Crippen molar-refractivity contribution in [3.63, 3.8) is 0 Å². The lowest BCUT2D eigenvalue weighted by molar-refractivity contribution is 0.0872. The summed E-state index contributed by atoms with van der Waals surface area (Å²) < 4.78 is 5.32. The number of hydrogen-bond acceptors (Lipinski definition) is 4. The number of nitrogens with one attached hydrogen (secondary N) is 2. The second-order valence-corrected chi connectivity index (χ2v) is 5.05. The topological polar surface area (TPSA) is 63.2 Å². The molecule has 5 heteroatoms. The van der Waals surface area contributed by atoms with Crippen LogP contribution in [0.3, 0.4) is 0 Å². The van der Waals surface area contributed by atoms with Gasteiger partial charge < -0.3 is 15.4 Å². The van der Waals surface area contributed by atoms with Crippen LogP contribution >= 0.6 is 0 Å². The maximum Gasteiger partial charge on any atom is 0.251 e. The Balaban J connectivity index is 2.81. The van der Waals surface area contributed by atoms with Gasteiger partial charge in [0.15, 0.2) is 0 Å². The van der Waals surface area contributed by atoms with Crippen LogP contribution in [0, 0.1) is 0 Å². The highest BCUT2D eigenvalue weighted by Gasteiger charge is 2.12. The van der Waals surface area contributed by atoms with Crippen LogP contribution in [0.5, 0.6) is 0 Å². The first-order valence-corrected chi connectivity index (χ1v) is 7.74. The molecule has 1 aromatic heterocycles. The Morgan fingerprint density at radius 3 is 2.71 bits per heavy atom. The maximum atomic E-state index is 12.3. The molecule has 0 radical (unpaired) electrons. The van der Waals surface area contributed by atoms with Gasteiger partial charge in [-0.3, -0.25) is 4.79 Å². The third-order valence-electron chi connectivity index (χ3n) is 2.95. The van der Waals surface area contributed by atoms with Gasteiger partial charge >= 0.3 is 0 Å². The molecule has 1 amide bonds. The van der Waals surface area contributed by atoms with E-state index in [-0.39, 0.29) is 11.9 Å². The fourth-order valence-electron chi connectivity index (χ4n) is 2.02. The van der Waals surface area contributed by atoms with E-state index >= 15 is 0 Å². The summed E-state index contributed by atoms with van der Waals surface area (Å²) in [5.74, 6) is 0.673. The highest BCUT2D eigenvalue weighted by molar-refractivity contribution is 5.95. The van der Waals surface area contributed by atoms with Crippen LogP contribution in [0.25, 0.3) is 0 Å². The summed E-state index contributed by atoms with van der Waals surface area (Å²) in [7, 11) is 0. The van der Waals surface area contributed by atoms with Gasteiger partial charge in [0.2, 0.25) is 0 Å². The molecular weight excluding hydrogens is 266 g/mol. The Kier molecular flexibility index (Phi) is 7.75. The summed E-state index contributed by atoms with van der Waals surface area (Å²) in [6.07, 6.45) is 1.87. The first-order chi connectivity index (χ1) is 10.1. The molecule has 1 unspecified atom stereocenters. The number of carbonyl (C=O) groups is 1. The molecule has 1 aromatic rings. The summed E-state index contributed by atoms with van der Waals surface area (Å²) in [5, 5.41) is 6.12. The number of pyridine rings is 1. The number of anilines is 1. The quantitative estimate of drug-likeness (QED) is 0.734. The van der Waals surface area contributed by atoms with Crippen molar-refractivity contribution in [3.8, 4) is 0 Å². The van der Waals surface area contributed by atoms with E-state index in [0.29, 0.717) is 18.8 Å². The minimum Gasteiger partial charge on any atom is -0.380 e. The fraction of sp³-hybridized carbons (Fsp3) is 0.625. The van der Waals surface area contributed by atoms with E-state index in [9.17, 15) is 4.79 Å². The SMILES string of the molecule is CCCc1cc(C(=O)NC(C)COCC)cc(NCC)n1. The molecule has 1 heterocycles. The van der Waals surface area contributed by atoms with Crippen molar-refractivity contribution in [1.82, 2.24) is 10.3 Å². The number of nitrogens with zero attached hydrogens (tertiary/aromatic N) is 1. The molecule has 0 aromatic carbocycles. The molecule has 0 fully saturated rings. The summed E-state index contributed by atoms with van der Waals surface area (Å²) in [6, 6.07) is 3.65. The molecule has 0 spiro atoms. The second kappa shape index (κ2) is 9.34. The minimum atomic E-state index is -0.0823. The zero-order chi connectivity index (χ0) is 15.7. The van der Waals surface area contributed by atoms with Crippen molar-refractivity contribution < 1.29 is 9.53 Å². The van der Waals surface area contributed by atoms with Gasteiger partial charge in [-0.2, -0.15) is 0 Å². The third-order valence-corrected chi connectivity index (χ3v) is 2.95. The molecule has 1 atom stereocenters. The zero-order valence-electron chi connectivity index (χ0n) is 13.5. The largest absolute Gasteiger partial charge is 0.380 e. The molecule has 5 nitrogen and oxygen atoms in total. The van der Waals surface area contributed by atoms with Crippen molar-refractivity contribution in [1.29, 1.82) is 0 Å². The van der Waals surface area contributed by atoms with E-state index in [1.54, 1.807) is 6.07 Å². The lowest BCUT2D eigenvalue weighted by atomic mass is 10.1. The van der Waals surface area contributed by atoms with Crippen LogP contribution in [0.2, 0.25) is 0 Å². The molecule has 0 aliphatic rings. The van der Waals surface area contributed by atoms with E-state index in [1.165, 1.54) is 0 Å². The van der Waals surface area contributed by atoms with Gasteiger partial charge in [0.25, 0.3) is 5.91 Å². The van der Waals surface area contributed by atoms with Crippen molar-refractivity contribution in [3.05, 3.63) is 23.4 Å². The summed E-state index contributed by atoms with van der Waals surface area (Å²) in [6.45, 7) is 9.95. The predicted octanol–water partition coefficient (Wildman–Crippen LogP) is 2.62. The molecule has 2 N–H and O–H groups in total. The summed E-state index contributed by atoms with van der Waals surface area (Å²) in [5.41, 5.74) is 1.59. The van der Waals surface area contributed by atoms with Gasteiger partial charge in [-0.05, 0) is 39.3 Å². The van der Waals surface area contributed by atoms with E-state index in [4.69, 9.17) is 4.74 Å². The Labute approximate surface area is 127 Å². The van der Waals surface area contributed by atoms with Crippen LogP contribution < -0.4 is 10.6 Å². The molecule has 0 aliphatic carbocycles. The Hall–Kier alpha value is -1.62. The van der Waals surface area contributed by atoms with Gasteiger partial charge in [0.1, 0.15) is 5.82 Å². The van der Waals surface area contributed by atoms with Gasteiger partial charge in [-0.25, -0.2) is 4.98 Å². The number of aryl methyl sites for hydroxylation is 1. The van der Waals surface area contributed by atoms with Gasteiger partial charge in [-0.15, -0.1) is 0 Å². The highest BCUT2D eigenvalue weighted by atomic mass is 16.5. The van der Waals surface area contributed by atoms with Gasteiger partial charge in [0, 0.05) is 30.5 Å². The number of ether oxygens (including phenoxy) is 1. The van der Waals surface area contributed by atoms with Crippen LogP contribution in [0.15, 0.2) is 12.1 Å². The second-order valence-electron chi connectivity index (χ2n) is 5.05. The lowest BCUT2D eigenvalue weighted by Crippen LogP contribution is -2.36. The van der Waals surface area contributed by atoms with Gasteiger partial charge in [-0.1, -0.05) is 13.3 Å². The predicted molar refractivity (Wildman–Crippen MR) is 85.8 cm³/mol. The van der Waals surface area contributed by atoms with Crippen LogP contribution in [-0.4, -0.2) is 36.7 Å². The summed E-state index contributed by atoms with van der Waals surface area (Å²) >= 11 is 0. The molecule has 118 valence electrons. The Morgan fingerprint density at radius 1 is 1.33 bits per heavy atom. The number of carbonyl (C=O) groups excluding carboxylic acids is 1. The monoisotopic (exact) mass is 293 g/mol. The molecule has 1 rings (SSSR count). The van der Waals surface area contributed by atoms with E-state index < -0.39 is 0 Å². The van der Waals surface area contributed by atoms with Crippen molar-refractivity contribution in [2.75, 3.05) is 25.1 Å². The first kappa shape index (κ1) is 17.4. The molecule has 0 aliphatic heterocycles. The molecule has 0 bridgehead atoms. The standard InChI is InChI=1S/C16H27N3O2/c1-5-8-14-9-13(10-15(19-14)17-6-2)16(20)18-12(4)11-21-7-3/h9-10,12H,5-8,11H2,1-4H3,(H,17,19)(H,18,20). The maximum absolute atomic E-state index is 12.3. The van der Waals surface area contributed by atoms with E-state index in [1.807, 2.05) is 26.8 Å². The Bertz CT molecular complexity index is 425. The molecular formula is C16H27N3O2. The number of aromatic nitrogens is 1. The zero-order valence-corrected chi connectivity index (χ0v) is 13.5. The van der Waals surface area contributed by atoms with Crippen molar-refractivity contribution in [2.45, 2.75) is 46.6 Å². The van der Waals surface area contributed by atoms with Crippen LogP contribution in [0.4, 0.5) is 5.82 Å². The van der Waals surface area contributed by atoms with E-state index in [0.717, 1.165) is 30.9 Å². The number of rotatable bonds is 9. The normalized spacial score (nSPS) is 12.0. The Morgan fingerprint density at radius 2 is 2.10 bits per heavy atom. The van der Waals surface area contributed by atoms with E-state index in [2.05, 4.69) is 22.5 Å².